The van der Waals surface area contributed by atoms with Crippen molar-refractivity contribution in [2.24, 2.45) is 11.8 Å². The molecule has 4 heteroatoms. The highest BCUT2D eigenvalue weighted by Gasteiger charge is 2.43. The molecule has 2 aliphatic heterocycles. The highest BCUT2D eigenvalue weighted by molar-refractivity contribution is 8.00. The summed E-state index contributed by atoms with van der Waals surface area (Å²) in [6, 6.07) is 0.0713. The normalized spacial score (nSPS) is 34.5. The molecule has 0 aromatic carbocycles. The van der Waals surface area contributed by atoms with Gasteiger partial charge in [-0.2, -0.15) is 11.8 Å². The molecule has 1 aliphatic carbocycles. The Balaban J connectivity index is 1.69. The lowest BCUT2D eigenvalue weighted by molar-refractivity contribution is -0.130. The molecule has 1 saturated carbocycles. The van der Waals surface area contributed by atoms with Crippen molar-refractivity contribution >= 4 is 17.7 Å². The highest BCUT2D eigenvalue weighted by Crippen LogP contribution is 2.35. The van der Waals surface area contributed by atoms with E-state index in [0.717, 1.165) is 13.0 Å². The highest BCUT2D eigenvalue weighted by atomic mass is 32.2. The van der Waals surface area contributed by atoms with Crippen LogP contribution < -0.4 is 5.32 Å². The van der Waals surface area contributed by atoms with E-state index in [1.54, 1.807) is 0 Å². The van der Waals surface area contributed by atoms with Crippen molar-refractivity contribution in [1.29, 1.82) is 0 Å². The molecule has 0 aromatic heterocycles. The number of hydrogen-bond acceptors (Lipinski definition) is 3. The van der Waals surface area contributed by atoms with Crippen LogP contribution in [0.5, 0.6) is 0 Å². The van der Waals surface area contributed by atoms with Gasteiger partial charge in [0.05, 0.1) is 12.2 Å². The van der Waals surface area contributed by atoms with Gasteiger partial charge in [-0.25, -0.2) is 0 Å². The van der Waals surface area contributed by atoms with Gasteiger partial charge in [-0.05, 0) is 49.7 Å². The Bertz CT molecular complexity index is 362. The molecule has 0 spiro atoms. The first kappa shape index (κ1) is 15.7. The molecular formula is C17H30N2OS. The minimum Gasteiger partial charge on any atom is -0.324 e. The molecule has 1 amide bonds. The molecule has 3 unspecified atom stereocenters. The largest absolute Gasteiger partial charge is 0.324 e. The van der Waals surface area contributed by atoms with Crippen molar-refractivity contribution < 1.29 is 4.79 Å². The lowest BCUT2D eigenvalue weighted by atomic mass is 10.0. The molecule has 3 atom stereocenters. The second-order valence-corrected chi connectivity index (χ2v) is 8.87. The summed E-state index contributed by atoms with van der Waals surface area (Å²) < 4.78 is 0. The first-order valence-electron chi connectivity index (χ1n) is 8.83. The van der Waals surface area contributed by atoms with E-state index < -0.39 is 0 Å². The summed E-state index contributed by atoms with van der Waals surface area (Å²) in [6.45, 7) is 5.41. The summed E-state index contributed by atoms with van der Waals surface area (Å²) >= 11 is 2.07. The zero-order valence-electron chi connectivity index (χ0n) is 13.5. The van der Waals surface area contributed by atoms with Gasteiger partial charge in [0.2, 0.25) is 5.91 Å². The zero-order chi connectivity index (χ0) is 14.8. The maximum Gasteiger partial charge on any atom is 0.241 e. The second-order valence-electron chi connectivity index (χ2n) is 7.46. The average Bonchev–Trinajstić information content (AvgIpc) is 3.15. The SMILES string of the molecule is CC(C)CC1NC(C2CCCC2)N(CC2CCCS2)C1=O. The van der Waals surface area contributed by atoms with E-state index in [2.05, 4.69) is 35.8 Å². The first-order chi connectivity index (χ1) is 10.1. The monoisotopic (exact) mass is 310 g/mol. The number of carbonyl (C=O) groups excluding carboxylic acids is 1. The molecular weight excluding hydrogens is 280 g/mol. The molecule has 0 aromatic rings. The van der Waals surface area contributed by atoms with Gasteiger partial charge in [0.1, 0.15) is 0 Å². The fourth-order valence-corrected chi connectivity index (χ4v) is 5.49. The number of nitrogens with one attached hydrogen (secondary N) is 1. The van der Waals surface area contributed by atoms with E-state index in [-0.39, 0.29) is 6.04 Å². The van der Waals surface area contributed by atoms with E-state index in [0.29, 0.717) is 29.2 Å². The van der Waals surface area contributed by atoms with Gasteiger partial charge in [-0.3, -0.25) is 10.1 Å². The molecule has 3 rings (SSSR count). The quantitative estimate of drug-likeness (QED) is 0.846. The van der Waals surface area contributed by atoms with Gasteiger partial charge in [0.15, 0.2) is 0 Å². The minimum absolute atomic E-state index is 0.0713. The Morgan fingerprint density at radius 2 is 2.00 bits per heavy atom. The van der Waals surface area contributed by atoms with E-state index in [1.807, 2.05) is 0 Å². The zero-order valence-corrected chi connectivity index (χ0v) is 14.3. The number of thioether (sulfide) groups is 1. The van der Waals surface area contributed by atoms with Crippen LogP contribution in [0.1, 0.15) is 58.8 Å². The summed E-state index contributed by atoms with van der Waals surface area (Å²) in [5.41, 5.74) is 0. The van der Waals surface area contributed by atoms with Crippen LogP contribution in [0.15, 0.2) is 0 Å². The Kier molecular flexibility index (Phi) is 5.15. The van der Waals surface area contributed by atoms with E-state index in [9.17, 15) is 4.79 Å². The van der Waals surface area contributed by atoms with Crippen LogP contribution in [0.2, 0.25) is 0 Å². The summed E-state index contributed by atoms with van der Waals surface area (Å²) in [7, 11) is 0. The molecule has 3 fully saturated rings. The number of amides is 1. The molecule has 2 saturated heterocycles. The predicted octanol–water partition coefficient (Wildman–Crippen LogP) is 3.24. The van der Waals surface area contributed by atoms with E-state index in [4.69, 9.17) is 0 Å². The first-order valence-corrected chi connectivity index (χ1v) is 9.88. The molecule has 21 heavy (non-hydrogen) atoms. The van der Waals surface area contributed by atoms with E-state index in [1.165, 1.54) is 44.3 Å². The molecule has 0 bridgehead atoms. The molecule has 0 radical (unpaired) electrons. The minimum atomic E-state index is 0.0713. The van der Waals surface area contributed by atoms with Gasteiger partial charge in [0.25, 0.3) is 0 Å². The summed E-state index contributed by atoms with van der Waals surface area (Å²) in [6.07, 6.45) is 9.22. The number of nitrogens with zero attached hydrogens (tertiary/aromatic N) is 1. The number of hydrogen-bond donors (Lipinski definition) is 1. The summed E-state index contributed by atoms with van der Waals surface area (Å²) in [5.74, 6) is 2.94. The van der Waals surface area contributed by atoms with Crippen molar-refractivity contribution in [2.75, 3.05) is 12.3 Å². The maximum atomic E-state index is 12.9. The van der Waals surface area contributed by atoms with Crippen molar-refractivity contribution in [3.05, 3.63) is 0 Å². The van der Waals surface area contributed by atoms with Gasteiger partial charge in [0, 0.05) is 11.8 Å². The van der Waals surface area contributed by atoms with Crippen molar-refractivity contribution in [3.63, 3.8) is 0 Å². The molecule has 3 aliphatic rings. The third-order valence-electron chi connectivity index (χ3n) is 5.27. The van der Waals surface area contributed by atoms with Crippen molar-refractivity contribution in [2.45, 2.75) is 76.3 Å². The topological polar surface area (TPSA) is 32.3 Å². The van der Waals surface area contributed by atoms with Gasteiger partial charge in [-0.1, -0.05) is 26.7 Å². The standard InChI is InChI=1S/C17H30N2OS/c1-12(2)10-15-17(20)19(11-14-8-5-9-21-14)16(18-15)13-6-3-4-7-13/h12-16,18H,3-11H2,1-2H3. The Morgan fingerprint density at radius 1 is 1.24 bits per heavy atom. The predicted molar refractivity (Wildman–Crippen MR) is 89.3 cm³/mol. The Labute approximate surface area is 133 Å². The van der Waals surface area contributed by atoms with Crippen LogP contribution in [-0.4, -0.2) is 40.6 Å². The van der Waals surface area contributed by atoms with Crippen LogP contribution in [0.4, 0.5) is 0 Å². The van der Waals surface area contributed by atoms with E-state index >= 15 is 0 Å². The molecule has 120 valence electrons. The Morgan fingerprint density at radius 3 is 2.62 bits per heavy atom. The second kappa shape index (κ2) is 6.91. The smallest absolute Gasteiger partial charge is 0.241 e. The number of carbonyl (C=O) groups is 1. The van der Waals surface area contributed by atoms with Gasteiger partial charge >= 0.3 is 0 Å². The Hall–Kier alpha value is -0.220. The summed E-state index contributed by atoms with van der Waals surface area (Å²) in [5, 5.41) is 4.38. The van der Waals surface area contributed by atoms with Crippen LogP contribution >= 0.6 is 11.8 Å². The summed E-state index contributed by atoms with van der Waals surface area (Å²) in [4.78, 5) is 15.1. The fraction of sp³-hybridized carbons (Fsp3) is 0.941. The lowest BCUT2D eigenvalue weighted by Crippen LogP contribution is -2.45. The maximum absolute atomic E-state index is 12.9. The molecule has 2 heterocycles. The van der Waals surface area contributed by atoms with Crippen molar-refractivity contribution in [3.8, 4) is 0 Å². The number of rotatable bonds is 5. The van der Waals surface area contributed by atoms with Crippen LogP contribution in [0.3, 0.4) is 0 Å². The molecule has 3 nitrogen and oxygen atoms in total. The van der Waals surface area contributed by atoms with Gasteiger partial charge in [-0.15, -0.1) is 0 Å². The van der Waals surface area contributed by atoms with Crippen LogP contribution in [-0.2, 0) is 4.79 Å². The van der Waals surface area contributed by atoms with Crippen LogP contribution in [0.25, 0.3) is 0 Å². The van der Waals surface area contributed by atoms with Crippen LogP contribution in [0, 0.1) is 11.8 Å². The third kappa shape index (κ3) is 3.58. The molecule has 1 N–H and O–H groups in total. The lowest BCUT2D eigenvalue weighted by Gasteiger charge is -2.30. The average molecular weight is 311 g/mol. The third-order valence-corrected chi connectivity index (χ3v) is 6.65. The fourth-order valence-electron chi connectivity index (χ4n) is 4.22. The van der Waals surface area contributed by atoms with Gasteiger partial charge < -0.3 is 4.90 Å². The van der Waals surface area contributed by atoms with Crippen molar-refractivity contribution in [1.82, 2.24) is 10.2 Å².